The Hall–Kier alpha value is -12.4. The van der Waals surface area contributed by atoms with Gasteiger partial charge in [-0.15, -0.1) is 0 Å². The van der Waals surface area contributed by atoms with Gasteiger partial charge in [-0.3, -0.25) is 0 Å². The highest BCUT2D eigenvalue weighted by Crippen LogP contribution is 2.53. The maximum absolute atomic E-state index is 7.29. The fourth-order valence-electron chi connectivity index (χ4n) is 16.3. The van der Waals surface area contributed by atoms with Crippen LogP contribution in [0.5, 0.6) is 0 Å². The lowest BCUT2D eigenvalue weighted by Gasteiger charge is -2.31. The first-order valence-electron chi connectivity index (χ1n) is 37.4. The summed E-state index contributed by atoms with van der Waals surface area (Å²) in [7, 11) is 10.5. The number of fused-ring (bicyclic) bond motifs is 5. The Labute approximate surface area is 649 Å². The first-order chi connectivity index (χ1) is 51.8. The molecule has 5 heterocycles. The van der Waals surface area contributed by atoms with Crippen molar-refractivity contribution in [3.63, 3.8) is 0 Å². The standard InChI is InChI=1S/4C19H21N3.C18H19N3/c1-12-9-14(3)18(10-13(12)2)22-15(4)21(6)17-8-7-16(20-5)11-19(17)22;1-12-9-13(2)14(3)18(10-12)22-15(4)21(6)17-8-7-16(20-5)11-19(17)22;1-12-9-13(2)19(14(3)10-12)22-15(4)21(6)17-8-7-16(20-5)11-18(17)22;1-12-7-8-13(2)19(14(12)3)22-15(4)21(6)17-10-9-16(20-5)11-18(17)22;1-12-7-6-8-13(2)18(12)21-14(3)20(5)16-10-9-15(19-4)11-17(16)21/h4*7-11,15H,1-4,6H3;6-11,14H,1-3,5H3/t4*15-;14-/m00000/s1. The van der Waals surface area contributed by atoms with Gasteiger partial charge in [-0.1, -0.05) is 90.5 Å². The maximum atomic E-state index is 7.29. The van der Waals surface area contributed by atoms with Crippen LogP contribution in [-0.4, -0.2) is 66.1 Å². The fraction of sp³-hybridized carbons (Fsp3) is 0.309. The minimum Gasteiger partial charge on any atom is -0.353 e. The Morgan fingerprint density at radius 2 is 0.505 bits per heavy atom. The second kappa shape index (κ2) is 31.2. The summed E-state index contributed by atoms with van der Waals surface area (Å²) in [6.45, 7) is 77.6. The molecule has 0 radical (unpaired) electrons. The summed E-state index contributed by atoms with van der Waals surface area (Å²) in [5.41, 5.74) is 39.2. The van der Waals surface area contributed by atoms with Crippen molar-refractivity contribution >= 4 is 114 Å². The average Bonchev–Trinajstić information content (AvgIpc) is 1.65. The van der Waals surface area contributed by atoms with E-state index in [1.165, 1.54) is 135 Å². The van der Waals surface area contributed by atoms with Crippen LogP contribution in [0.3, 0.4) is 0 Å². The summed E-state index contributed by atoms with van der Waals surface area (Å²) in [6.07, 6.45) is 1.17. The third-order valence-electron chi connectivity index (χ3n) is 23.1. The topological polar surface area (TPSA) is 54.2 Å². The van der Waals surface area contributed by atoms with E-state index in [1.807, 2.05) is 66.7 Å². The summed E-state index contributed by atoms with van der Waals surface area (Å²) in [5.74, 6) is 0. The minimum absolute atomic E-state index is 0.232. The summed E-state index contributed by atoms with van der Waals surface area (Å²) < 4.78 is 0. The Morgan fingerprint density at radius 3 is 0.872 bits per heavy atom. The molecule has 554 valence electrons. The second-order valence-electron chi connectivity index (χ2n) is 30.1. The summed E-state index contributed by atoms with van der Waals surface area (Å²) >= 11 is 0. The zero-order valence-electron chi connectivity index (χ0n) is 68.1. The normalized spacial score (nSPS) is 16.7. The van der Waals surface area contributed by atoms with Crippen LogP contribution in [0.1, 0.15) is 113 Å². The number of rotatable bonds is 5. The van der Waals surface area contributed by atoms with Gasteiger partial charge in [-0.25, -0.2) is 24.2 Å². The molecular formula is C94H103N15. The minimum atomic E-state index is 0.232. The lowest BCUT2D eigenvalue weighted by atomic mass is 10.0. The van der Waals surface area contributed by atoms with Gasteiger partial charge in [0.15, 0.2) is 28.4 Å². The molecule has 0 N–H and O–H groups in total. The third-order valence-corrected chi connectivity index (χ3v) is 23.1. The van der Waals surface area contributed by atoms with Crippen LogP contribution in [0.15, 0.2) is 158 Å². The SMILES string of the molecule is [C-]#[N+]c1ccc2c(c1)N(c1c(C)cc(C)cc1C)[C@@H](C)N2C.[C-]#[N+]c1ccc2c(c1)N(c1c(C)ccc(C)c1C)[C@@H](C)N2C.[C-]#[N+]c1ccc2c(c1)N(c1c(C)cccc1C)[C@@H](C)N2C.[C-]#[N+]c1ccc2c(c1)N(c1cc(C)c(C)cc1C)[C@@H](C)N2C.[C-]#[N+]c1ccc2c(c1)N(c1cc(C)cc(C)c1C)[C@@H](C)N2C. The van der Waals surface area contributed by atoms with Crippen molar-refractivity contribution < 1.29 is 0 Å². The molecule has 0 aliphatic carbocycles. The van der Waals surface area contributed by atoms with Crippen molar-refractivity contribution in [2.45, 2.75) is 162 Å². The molecule has 0 saturated carbocycles. The van der Waals surface area contributed by atoms with Crippen LogP contribution in [0, 0.1) is 130 Å². The maximum Gasteiger partial charge on any atom is 0.189 e. The van der Waals surface area contributed by atoms with E-state index >= 15 is 0 Å². The smallest absolute Gasteiger partial charge is 0.189 e. The van der Waals surface area contributed by atoms with Gasteiger partial charge in [0.05, 0.1) is 89.7 Å². The summed E-state index contributed by atoms with van der Waals surface area (Å²) in [5, 5.41) is 0. The Kier molecular flexibility index (Phi) is 22.3. The van der Waals surface area contributed by atoms with Gasteiger partial charge in [0.25, 0.3) is 0 Å². The molecule has 0 fully saturated rings. The molecule has 15 rings (SSSR count). The third kappa shape index (κ3) is 14.4. The van der Waals surface area contributed by atoms with Crippen LogP contribution >= 0.6 is 0 Å². The predicted octanol–water partition coefficient (Wildman–Crippen LogP) is 25.2. The quantitative estimate of drug-likeness (QED) is 0.156. The molecule has 10 aromatic carbocycles. The van der Waals surface area contributed by atoms with Crippen molar-refractivity contribution in [3.05, 3.63) is 293 Å². The van der Waals surface area contributed by atoms with Crippen LogP contribution in [-0.2, 0) is 0 Å². The number of nitrogens with zero attached hydrogens (tertiary/aromatic N) is 15. The lowest BCUT2D eigenvalue weighted by molar-refractivity contribution is 0.731. The van der Waals surface area contributed by atoms with E-state index in [0.717, 1.165) is 28.4 Å². The van der Waals surface area contributed by atoms with Crippen LogP contribution < -0.4 is 49.0 Å². The Balaban J connectivity index is 0.000000135. The predicted molar refractivity (Wildman–Crippen MR) is 462 cm³/mol. The highest BCUT2D eigenvalue weighted by atomic mass is 15.4. The number of hydrogen-bond acceptors (Lipinski definition) is 10. The van der Waals surface area contributed by atoms with Crippen molar-refractivity contribution in [3.8, 4) is 0 Å². The second-order valence-corrected chi connectivity index (χ2v) is 30.1. The number of anilines is 15. The molecule has 0 amide bonds. The zero-order valence-corrected chi connectivity index (χ0v) is 68.1. The van der Waals surface area contributed by atoms with Gasteiger partial charge in [0.2, 0.25) is 0 Å². The molecule has 10 aromatic rings. The van der Waals surface area contributed by atoms with Gasteiger partial charge in [-0.2, -0.15) is 0 Å². The zero-order chi connectivity index (χ0) is 79.2. The highest BCUT2D eigenvalue weighted by Gasteiger charge is 2.38. The fourth-order valence-corrected chi connectivity index (χ4v) is 16.3. The largest absolute Gasteiger partial charge is 0.353 e. The van der Waals surface area contributed by atoms with Gasteiger partial charge in [-0.05, 0) is 277 Å². The lowest BCUT2D eigenvalue weighted by Crippen LogP contribution is -2.36. The number of aryl methyl sites for hydroxylation is 12. The van der Waals surface area contributed by atoms with E-state index < -0.39 is 0 Å². The van der Waals surface area contributed by atoms with Crippen molar-refractivity contribution in [1.82, 2.24) is 0 Å². The summed E-state index contributed by atoms with van der Waals surface area (Å²) in [6, 6.07) is 53.9. The van der Waals surface area contributed by atoms with E-state index in [4.69, 9.17) is 32.9 Å². The Bertz CT molecular complexity index is 5400. The van der Waals surface area contributed by atoms with E-state index in [0.29, 0.717) is 28.4 Å². The van der Waals surface area contributed by atoms with Gasteiger partial charge in [0, 0.05) is 63.7 Å². The van der Waals surface area contributed by atoms with Gasteiger partial charge in [0.1, 0.15) is 30.8 Å². The Morgan fingerprint density at radius 1 is 0.220 bits per heavy atom. The number of benzene rings is 10. The van der Waals surface area contributed by atoms with Crippen LogP contribution in [0.25, 0.3) is 24.2 Å². The van der Waals surface area contributed by atoms with Crippen molar-refractivity contribution in [1.29, 1.82) is 0 Å². The molecule has 0 aromatic heterocycles. The molecule has 5 aliphatic rings. The van der Waals surface area contributed by atoms with Crippen molar-refractivity contribution in [2.24, 2.45) is 0 Å². The van der Waals surface area contributed by atoms with Gasteiger partial charge < -0.3 is 49.0 Å². The van der Waals surface area contributed by atoms with Crippen LogP contribution in [0.4, 0.5) is 114 Å². The van der Waals surface area contributed by atoms with Crippen molar-refractivity contribution in [2.75, 3.05) is 84.2 Å². The van der Waals surface area contributed by atoms with E-state index in [2.05, 4.69) is 331 Å². The molecule has 5 aliphatic heterocycles. The molecule has 0 bridgehead atoms. The molecule has 5 atom stereocenters. The highest BCUT2D eigenvalue weighted by molar-refractivity contribution is 5.93. The van der Waals surface area contributed by atoms with E-state index in [9.17, 15) is 0 Å². The summed E-state index contributed by atoms with van der Waals surface area (Å²) in [4.78, 5) is 41.0. The number of hydrogen-bond donors (Lipinski definition) is 0. The molecule has 0 spiro atoms. The molecular weight excluding hydrogens is 1340 g/mol. The average molecular weight is 1440 g/mol. The van der Waals surface area contributed by atoms with Crippen LogP contribution in [0.2, 0.25) is 0 Å². The van der Waals surface area contributed by atoms with Gasteiger partial charge >= 0.3 is 0 Å². The molecule has 15 heteroatoms. The van der Waals surface area contributed by atoms with E-state index in [-0.39, 0.29) is 30.8 Å². The first kappa shape index (κ1) is 77.7. The van der Waals surface area contributed by atoms with E-state index in [1.54, 1.807) is 0 Å². The molecule has 109 heavy (non-hydrogen) atoms. The molecule has 0 unspecified atom stereocenters. The first-order valence-corrected chi connectivity index (χ1v) is 37.4. The molecule has 15 nitrogen and oxygen atoms in total. The monoisotopic (exact) mass is 1440 g/mol. The molecule has 0 saturated heterocycles. The number of para-hydroxylation sites is 1.